The molecule has 106 heavy (non-hydrogen) atoms. The molecule has 5 aromatic heterocycles. The van der Waals surface area contributed by atoms with Crippen molar-refractivity contribution < 1.29 is 132 Å². The number of halogens is 34. The number of rotatable bonds is 6. The first kappa shape index (κ1) is 74.4. The number of aromatic amines is 5. The lowest BCUT2D eigenvalue weighted by Gasteiger charge is -2.19. The number of allylic oxidation sites excluding steroid dienone is 2. The predicted molar refractivity (Wildman–Crippen MR) is 322 cm³/mol. The van der Waals surface area contributed by atoms with Crippen LogP contribution in [0.5, 0.6) is 0 Å². The number of benzene rings is 6. The Morgan fingerprint density at radius 1 is 0.245 bits per heavy atom. The Morgan fingerprint density at radius 2 is 0.519 bits per heavy atom. The molecule has 5 N–H and O–H groups in total. The first-order valence-corrected chi connectivity index (χ1v) is 31.3. The molecule has 546 valence electrons. The standard InChI is InChI=1S/C66H14Br4F30N6/c67-29-30(68)64-21(27-41(79)53(91)61(99)54(92)42(27)80)15-7-3-11(103-15)18(24-35(73)47(85)58(96)48(86)36(24)74)12-4-8-16(104-12)22(28-43(81)55(93)62(100)56(94)44(28)82)66-32(70)31(69)65(106-66)20(26-39(77)51(89)60(98)52(90)40(26)78)14-6-2-10(102-14)17(23-33(71)45(83)57(95)46(84)34(23)72)9-1-5-13(101-9)19(63(29)105-64)25-37(75)49(87)59(97)50(88)38(25)76/h1-8,19,101-105H/b17-10+,18-11+,20-14-,21-15-,66-22+/t19-/m0/s1. The smallest absolute Gasteiger partial charge is 0.200 e. The largest absolute Gasteiger partial charge is 0.357 e. The van der Waals surface area contributed by atoms with E-state index < -0.39 is 327 Å². The molecule has 11 aromatic rings. The average Bonchev–Trinajstić information content (AvgIpc) is 1.57. The molecule has 2 aliphatic rings. The summed E-state index contributed by atoms with van der Waals surface area (Å²) in [6, 6.07) is 3.30. The van der Waals surface area contributed by atoms with Crippen LogP contribution in [-0.2, 0) is 0 Å². The van der Waals surface area contributed by atoms with Crippen LogP contribution in [0.1, 0.15) is 73.5 Å². The molecule has 7 heterocycles. The molecule has 0 spiro atoms. The number of hydrogen-bond acceptors (Lipinski definition) is 1. The fourth-order valence-electron chi connectivity index (χ4n) is 11.8. The highest BCUT2D eigenvalue weighted by atomic mass is 79.9. The maximum absolute atomic E-state index is 16.7. The Morgan fingerprint density at radius 3 is 0.887 bits per heavy atom. The van der Waals surface area contributed by atoms with Gasteiger partial charge < -0.3 is 24.9 Å². The highest BCUT2D eigenvalue weighted by Gasteiger charge is 2.42. The third-order valence-corrected chi connectivity index (χ3v) is 20.8. The number of aromatic nitrogens is 5. The van der Waals surface area contributed by atoms with Gasteiger partial charge in [-0.1, -0.05) is 0 Å². The molecule has 13 rings (SSSR count). The summed E-state index contributed by atoms with van der Waals surface area (Å²) >= 11 is 11.6. The summed E-state index contributed by atoms with van der Waals surface area (Å²) in [7, 11) is 0. The first-order chi connectivity index (χ1) is 49.8. The third kappa shape index (κ3) is 10.9. The third-order valence-electron chi connectivity index (χ3n) is 16.5. The number of H-pyrrole nitrogens is 5. The Hall–Kier alpha value is -9.83. The predicted octanol–water partition coefficient (Wildman–Crippen LogP) is 18.4. The van der Waals surface area contributed by atoms with E-state index in [2.05, 4.69) is 93.6 Å². The van der Waals surface area contributed by atoms with E-state index >= 15 is 123 Å². The molecule has 0 aliphatic carbocycles. The molecule has 0 saturated heterocycles. The SMILES string of the molecule is Fc1c(F)c(F)c(/C2=C3N=C(C(Br)=C/3Br)/C(c3c(F)c(F)c(F)c(F)c3F)=c3/cc/c([nH]3)=C(\c3c(F)c(F)c(F)c(F)c3F)c3ccc([nH]3)[C@@H](c3c(F)c(F)c(F)c(F)c3F)c3[nH]c(c(Br)c3Br)/C(c3c(F)c(F)c(F)c(F)c3F)=c3/cc/c([nH]3)=C(\c3c(F)c(F)c(F)c(F)c3F)c3ccc2[nH]3)c(F)c1F. The van der Waals surface area contributed by atoms with E-state index in [1.165, 1.54) is 0 Å². The van der Waals surface area contributed by atoms with E-state index in [9.17, 15) is 8.78 Å². The normalized spacial score (nSPS) is 17.0. The van der Waals surface area contributed by atoms with Crippen LogP contribution in [-0.4, -0.2) is 30.6 Å². The van der Waals surface area contributed by atoms with Crippen LogP contribution in [0.4, 0.5) is 132 Å². The van der Waals surface area contributed by atoms with E-state index in [0.29, 0.717) is 48.5 Å². The molecule has 0 amide bonds. The Kier molecular flexibility index (Phi) is 18.7. The molecule has 1 atom stereocenters. The second kappa shape index (κ2) is 26.6. The molecule has 12 bridgehead atoms. The van der Waals surface area contributed by atoms with Crippen molar-refractivity contribution in [2.75, 3.05) is 0 Å². The molecule has 0 unspecified atom stereocenters. The molecule has 40 heteroatoms. The van der Waals surface area contributed by atoms with Crippen molar-refractivity contribution in [3.8, 4) is 0 Å². The lowest BCUT2D eigenvalue weighted by Crippen LogP contribution is -2.23. The molecule has 6 aromatic carbocycles. The van der Waals surface area contributed by atoms with Gasteiger partial charge in [-0.05, 0) is 112 Å². The Bertz CT molecular complexity index is 6060. The van der Waals surface area contributed by atoms with Crippen molar-refractivity contribution in [1.29, 1.82) is 0 Å². The van der Waals surface area contributed by atoms with E-state index in [-0.39, 0.29) is 0 Å². The van der Waals surface area contributed by atoms with E-state index in [1.54, 1.807) is 0 Å². The van der Waals surface area contributed by atoms with Crippen molar-refractivity contribution >= 4 is 97.3 Å². The molecule has 0 saturated carbocycles. The number of aliphatic imine (C=N–C) groups is 1. The van der Waals surface area contributed by atoms with Gasteiger partial charge >= 0.3 is 0 Å². The molecular weight excluding hydrogens is 1770 g/mol. The van der Waals surface area contributed by atoms with Gasteiger partial charge in [-0.2, -0.15) is 0 Å². The van der Waals surface area contributed by atoms with Gasteiger partial charge in [0.1, 0.15) is 0 Å². The molecule has 0 radical (unpaired) electrons. The molecule has 0 fully saturated rings. The summed E-state index contributed by atoms with van der Waals surface area (Å²) in [4.78, 5) is 14.8. The minimum atomic E-state index is -2.97. The second-order valence-electron chi connectivity index (χ2n) is 22.2. The minimum Gasteiger partial charge on any atom is -0.357 e. The quantitative estimate of drug-likeness (QED) is 0.0624. The van der Waals surface area contributed by atoms with Crippen molar-refractivity contribution in [2.45, 2.75) is 5.92 Å². The number of fused-ring (bicyclic) bond motifs is 11. The summed E-state index contributed by atoms with van der Waals surface area (Å²) in [6.07, 6.45) is 0. The highest BCUT2D eigenvalue weighted by molar-refractivity contribution is 9.14. The second-order valence-corrected chi connectivity index (χ2v) is 25.4. The van der Waals surface area contributed by atoms with Gasteiger partial charge in [-0.15, -0.1) is 0 Å². The lowest BCUT2D eigenvalue weighted by molar-refractivity contribution is 0.368. The number of nitrogens with one attached hydrogen (secondary N) is 5. The summed E-state index contributed by atoms with van der Waals surface area (Å²) in [5, 5.41) is -5.07. The van der Waals surface area contributed by atoms with Crippen LogP contribution in [0.25, 0.3) is 27.9 Å². The first-order valence-electron chi connectivity index (χ1n) is 28.1. The summed E-state index contributed by atoms with van der Waals surface area (Å²) in [5.74, 6) is -89.1. The van der Waals surface area contributed by atoms with Gasteiger partial charge in [0.2, 0.25) is 34.9 Å². The fraction of sp³-hybridized carbons (Fsp3) is 0.0152. The van der Waals surface area contributed by atoms with Crippen molar-refractivity contribution in [1.82, 2.24) is 24.9 Å². The van der Waals surface area contributed by atoms with Crippen molar-refractivity contribution in [2.24, 2.45) is 4.99 Å². The maximum atomic E-state index is 16.7. The van der Waals surface area contributed by atoms with Crippen molar-refractivity contribution in [3.63, 3.8) is 0 Å². The van der Waals surface area contributed by atoms with Gasteiger partial charge in [-0.25, -0.2) is 137 Å². The van der Waals surface area contributed by atoms with Crippen LogP contribution >= 0.6 is 63.7 Å². The van der Waals surface area contributed by atoms with Gasteiger partial charge in [0, 0.05) is 83.3 Å². The highest BCUT2D eigenvalue weighted by Crippen LogP contribution is 2.49. The summed E-state index contributed by atoms with van der Waals surface area (Å²) < 4.78 is 475. The van der Waals surface area contributed by atoms with E-state index in [0.717, 1.165) is 0 Å². The van der Waals surface area contributed by atoms with Gasteiger partial charge in [0.25, 0.3) is 0 Å². The van der Waals surface area contributed by atoms with E-state index in [1.807, 2.05) is 0 Å². The molecule has 2 aliphatic heterocycles. The topological polar surface area (TPSA) is 91.3 Å². The minimum absolute atomic E-state index is 0.395. The fourth-order valence-corrected chi connectivity index (χ4v) is 13.8. The van der Waals surface area contributed by atoms with Gasteiger partial charge in [0.15, 0.2) is 140 Å². The van der Waals surface area contributed by atoms with Crippen molar-refractivity contribution in [3.05, 3.63) is 336 Å². The number of nitrogens with zero attached hydrogens (tertiary/aromatic N) is 1. The molecule has 6 nitrogen and oxygen atoms in total. The Balaban J connectivity index is 1.31. The average molecular weight is 1780 g/mol. The lowest BCUT2D eigenvalue weighted by atomic mass is 9.91. The monoisotopic (exact) mass is 1780 g/mol. The molecular formula is C66H14Br4F30N6. The number of hydrogen-bond donors (Lipinski definition) is 5. The van der Waals surface area contributed by atoms with Gasteiger partial charge in [0.05, 0.1) is 68.7 Å². The van der Waals surface area contributed by atoms with Crippen LogP contribution in [0, 0.1) is 175 Å². The van der Waals surface area contributed by atoms with Crippen LogP contribution in [0.3, 0.4) is 0 Å². The zero-order valence-corrected chi connectivity index (χ0v) is 55.8. The maximum Gasteiger partial charge on any atom is 0.200 e. The van der Waals surface area contributed by atoms with Crippen LogP contribution in [0.15, 0.2) is 77.1 Å². The zero-order chi connectivity index (χ0) is 77.4. The zero-order valence-electron chi connectivity index (χ0n) is 49.5. The summed E-state index contributed by atoms with van der Waals surface area (Å²) in [6.45, 7) is 0. The van der Waals surface area contributed by atoms with Gasteiger partial charge in [-0.3, -0.25) is 0 Å². The van der Waals surface area contributed by atoms with Crippen LogP contribution < -0.4 is 21.4 Å². The van der Waals surface area contributed by atoms with E-state index in [4.69, 9.17) is 0 Å². The van der Waals surface area contributed by atoms with Crippen LogP contribution in [0.2, 0.25) is 0 Å². The summed E-state index contributed by atoms with van der Waals surface area (Å²) in [5.41, 5.74) is -31.3. The Labute approximate surface area is 597 Å².